The van der Waals surface area contributed by atoms with Crippen LogP contribution in [0, 0.1) is 23.2 Å². The maximum absolute atomic E-state index is 13.1. The van der Waals surface area contributed by atoms with Crippen molar-refractivity contribution >= 4 is 5.91 Å². The molecule has 1 aliphatic heterocycles. The molecular weight excluding hydrogens is 395 g/mol. The van der Waals surface area contributed by atoms with Gasteiger partial charge in [0, 0.05) is 29.8 Å². The van der Waals surface area contributed by atoms with Crippen LogP contribution in [-0.4, -0.2) is 34.4 Å². The smallest absolute Gasteiger partial charge is 0.251 e. The summed E-state index contributed by atoms with van der Waals surface area (Å²) < 4.78 is 19.0. The molecule has 3 aromatic rings. The molecule has 1 unspecified atom stereocenters. The van der Waals surface area contributed by atoms with Crippen molar-refractivity contribution in [3.8, 4) is 28.8 Å². The highest BCUT2D eigenvalue weighted by Crippen LogP contribution is 2.49. The Labute approximate surface area is 178 Å². The average molecular weight is 414 g/mol. The lowest BCUT2D eigenvalue weighted by molar-refractivity contribution is 0.0929. The molecule has 0 spiro atoms. The van der Waals surface area contributed by atoms with Gasteiger partial charge in [-0.05, 0) is 54.4 Å². The predicted octanol–water partition coefficient (Wildman–Crippen LogP) is 3.97. The van der Waals surface area contributed by atoms with Gasteiger partial charge in [-0.25, -0.2) is 4.39 Å². The standard InChI is InChI=1S/C24H19FN4O2/c25-19-5-7-20(8-6-19)31-22-12-27-10-9-21(22)16-1-3-17(4-2-16)23(30)28-24-11-18(24)13-29(14-24)15-26/h1-10,12,18H,11,13-14H2,(H,28,30)/t18?,24-/m0/s1. The van der Waals surface area contributed by atoms with E-state index in [0.29, 0.717) is 36.1 Å². The molecule has 1 aromatic heterocycles. The SMILES string of the molecule is N#CN1CC2C[C@]2(NC(=O)c2ccc(-c3ccncc3Oc3ccc(F)cc3)cc2)C1. The molecule has 2 atom stereocenters. The number of aromatic nitrogens is 1. The van der Waals surface area contributed by atoms with Gasteiger partial charge in [-0.3, -0.25) is 9.78 Å². The van der Waals surface area contributed by atoms with E-state index in [0.717, 1.165) is 17.5 Å². The number of ether oxygens (including phenoxy) is 1. The molecule has 0 bridgehead atoms. The number of fused-ring (bicyclic) bond motifs is 1. The Kier molecular flexibility index (Phi) is 4.55. The van der Waals surface area contributed by atoms with Crippen molar-refractivity contribution in [1.29, 1.82) is 5.26 Å². The topological polar surface area (TPSA) is 78.3 Å². The van der Waals surface area contributed by atoms with Crippen molar-refractivity contribution in [2.45, 2.75) is 12.0 Å². The van der Waals surface area contributed by atoms with Crippen LogP contribution in [0.5, 0.6) is 11.5 Å². The zero-order valence-corrected chi connectivity index (χ0v) is 16.6. The van der Waals surface area contributed by atoms with Crippen molar-refractivity contribution in [3.63, 3.8) is 0 Å². The molecule has 1 N–H and O–H groups in total. The minimum Gasteiger partial charge on any atom is -0.455 e. The number of nitrogens with zero attached hydrogens (tertiary/aromatic N) is 3. The van der Waals surface area contributed by atoms with Crippen LogP contribution >= 0.6 is 0 Å². The largest absolute Gasteiger partial charge is 0.455 e. The maximum Gasteiger partial charge on any atom is 0.251 e. The van der Waals surface area contributed by atoms with Crippen LogP contribution < -0.4 is 10.1 Å². The van der Waals surface area contributed by atoms with E-state index in [2.05, 4.69) is 16.5 Å². The third-order valence-electron chi connectivity index (χ3n) is 5.93. The molecular formula is C24H19FN4O2. The van der Waals surface area contributed by atoms with E-state index in [1.54, 1.807) is 41.6 Å². The number of hydrogen-bond acceptors (Lipinski definition) is 5. The molecule has 5 rings (SSSR count). The Morgan fingerprint density at radius 1 is 1.19 bits per heavy atom. The van der Waals surface area contributed by atoms with Crippen LogP contribution in [0.2, 0.25) is 0 Å². The number of carbonyl (C=O) groups is 1. The summed E-state index contributed by atoms with van der Waals surface area (Å²) in [7, 11) is 0. The zero-order chi connectivity index (χ0) is 21.4. The number of nitrogens with one attached hydrogen (secondary N) is 1. The monoisotopic (exact) mass is 414 g/mol. The second kappa shape index (κ2) is 7.40. The second-order valence-electron chi connectivity index (χ2n) is 8.00. The molecule has 1 aliphatic carbocycles. The molecule has 2 heterocycles. The quantitative estimate of drug-likeness (QED) is 0.640. The first kappa shape index (κ1) is 19.1. The van der Waals surface area contributed by atoms with Crippen LogP contribution in [0.1, 0.15) is 16.8 Å². The van der Waals surface area contributed by atoms with Gasteiger partial charge in [-0.1, -0.05) is 12.1 Å². The Morgan fingerprint density at radius 2 is 1.97 bits per heavy atom. The van der Waals surface area contributed by atoms with Gasteiger partial charge in [0.15, 0.2) is 11.9 Å². The summed E-state index contributed by atoms with van der Waals surface area (Å²) in [6, 6.07) is 14.9. The second-order valence-corrected chi connectivity index (χ2v) is 8.00. The fourth-order valence-corrected chi connectivity index (χ4v) is 4.18. The van der Waals surface area contributed by atoms with E-state index in [9.17, 15) is 9.18 Å². The maximum atomic E-state index is 13.1. The zero-order valence-electron chi connectivity index (χ0n) is 16.6. The molecule has 2 aromatic carbocycles. The summed E-state index contributed by atoms with van der Waals surface area (Å²) >= 11 is 0. The molecule has 1 amide bonds. The van der Waals surface area contributed by atoms with E-state index in [1.807, 2.05) is 18.2 Å². The molecule has 2 fully saturated rings. The minimum atomic E-state index is -0.331. The van der Waals surface area contributed by atoms with Crippen molar-refractivity contribution in [3.05, 3.63) is 78.4 Å². The van der Waals surface area contributed by atoms with E-state index in [-0.39, 0.29) is 17.3 Å². The number of carbonyl (C=O) groups excluding carboxylic acids is 1. The van der Waals surface area contributed by atoms with Gasteiger partial charge < -0.3 is 15.0 Å². The Balaban J connectivity index is 1.32. The highest BCUT2D eigenvalue weighted by Gasteiger charge is 2.61. The van der Waals surface area contributed by atoms with E-state index in [4.69, 9.17) is 10.00 Å². The number of rotatable bonds is 5. The summed E-state index contributed by atoms with van der Waals surface area (Å²) in [5.74, 6) is 0.939. The van der Waals surface area contributed by atoms with Crippen molar-refractivity contribution in [2.24, 2.45) is 5.92 Å². The average Bonchev–Trinajstić information content (AvgIpc) is 3.34. The molecule has 7 heteroatoms. The van der Waals surface area contributed by atoms with Gasteiger partial charge in [0.1, 0.15) is 11.6 Å². The Hall–Kier alpha value is -3.92. The highest BCUT2D eigenvalue weighted by atomic mass is 19.1. The molecule has 1 saturated carbocycles. The Bertz CT molecular complexity index is 1170. The van der Waals surface area contributed by atoms with Crippen molar-refractivity contribution in [1.82, 2.24) is 15.2 Å². The Morgan fingerprint density at radius 3 is 2.68 bits per heavy atom. The van der Waals surface area contributed by atoms with Gasteiger partial charge in [0.2, 0.25) is 0 Å². The highest BCUT2D eigenvalue weighted by molar-refractivity contribution is 5.95. The lowest BCUT2D eigenvalue weighted by atomic mass is 10.0. The van der Waals surface area contributed by atoms with Crippen LogP contribution in [-0.2, 0) is 0 Å². The van der Waals surface area contributed by atoms with Crippen molar-refractivity contribution in [2.75, 3.05) is 13.1 Å². The number of nitriles is 1. The van der Waals surface area contributed by atoms with Crippen LogP contribution in [0.3, 0.4) is 0 Å². The summed E-state index contributed by atoms with van der Waals surface area (Å²) in [6.07, 6.45) is 6.36. The van der Waals surface area contributed by atoms with Gasteiger partial charge in [-0.2, -0.15) is 5.26 Å². The first-order valence-corrected chi connectivity index (χ1v) is 10.0. The van der Waals surface area contributed by atoms with Gasteiger partial charge in [0.05, 0.1) is 18.3 Å². The fourth-order valence-electron chi connectivity index (χ4n) is 4.18. The van der Waals surface area contributed by atoms with E-state index in [1.165, 1.54) is 12.1 Å². The van der Waals surface area contributed by atoms with Gasteiger partial charge in [0.25, 0.3) is 5.91 Å². The summed E-state index contributed by atoms with van der Waals surface area (Å²) in [4.78, 5) is 18.6. The van der Waals surface area contributed by atoms with Crippen LogP contribution in [0.15, 0.2) is 67.0 Å². The normalized spacial score (nSPS) is 21.2. The number of piperidine rings is 1. The van der Waals surface area contributed by atoms with Crippen LogP contribution in [0.25, 0.3) is 11.1 Å². The molecule has 154 valence electrons. The van der Waals surface area contributed by atoms with E-state index < -0.39 is 0 Å². The third-order valence-corrected chi connectivity index (χ3v) is 5.93. The van der Waals surface area contributed by atoms with Gasteiger partial charge in [-0.15, -0.1) is 0 Å². The minimum absolute atomic E-state index is 0.133. The first-order valence-electron chi connectivity index (χ1n) is 10.0. The lowest BCUT2D eigenvalue weighted by Crippen LogP contribution is -2.41. The van der Waals surface area contributed by atoms with Gasteiger partial charge >= 0.3 is 0 Å². The number of amides is 1. The molecule has 6 nitrogen and oxygen atoms in total. The first-order chi connectivity index (χ1) is 15.1. The fraction of sp³-hybridized carbons (Fsp3) is 0.208. The lowest BCUT2D eigenvalue weighted by Gasteiger charge is -2.17. The van der Waals surface area contributed by atoms with Crippen molar-refractivity contribution < 1.29 is 13.9 Å². The number of hydrogen-bond donors (Lipinski definition) is 1. The number of pyridine rings is 1. The van der Waals surface area contributed by atoms with E-state index >= 15 is 0 Å². The number of benzene rings is 2. The number of likely N-dealkylation sites (tertiary alicyclic amines) is 1. The van der Waals surface area contributed by atoms with Crippen LogP contribution in [0.4, 0.5) is 4.39 Å². The summed E-state index contributed by atoms with van der Waals surface area (Å²) in [6.45, 7) is 1.30. The predicted molar refractivity (Wildman–Crippen MR) is 112 cm³/mol. The third kappa shape index (κ3) is 3.68. The summed E-state index contributed by atoms with van der Waals surface area (Å²) in [5.41, 5.74) is 1.99. The molecule has 31 heavy (non-hydrogen) atoms. The molecule has 1 saturated heterocycles. The molecule has 2 aliphatic rings. The molecule has 0 radical (unpaired) electrons. The number of halogens is 1. The summed E-state index contributed by atoms with van der Waals surface area (Å²) in [5, 5.41) is 12.2.